The molecule has 11 heavy (non-hydrogen) atoms. The minimum absolute atomic E-state index is 1.00. The van der Waals surface area contributed by atoms with Crippen molar-refractivity contribution in [1.29, 1.82) is 0 Å². The average Bonchev–Trinajstić information content (AvgIpc) is 1.93. The van der Waals surface area contributed by atoms with Gasteiger partial charge in [0.1, 0.15) is 0 Å². The van der Waals surface area contributed by atoms with E-state index in [0.717, 1.165) is 14.2 Å². The second kappa shape index (κ2) is 16.7. The van der Waals surface area contributed by atoms with Crippen molar-refractivity contribution >= 4 is 16.5 Å². The molecule has 0 aromatic rings. The summed E-state index contributed by atoms with van der Waals surface area (Å²) in [4.78, 5) is 15.4. The van der Waals surface area contributed by atoms with Crippen LogP contribution >= 0.6 is 16.5 Å². The standard InChI is InChI=1S/2CH4O.H4O5P2/c2*1-2;1-6(2)5-7(3)4/h2*2H,1H3;6-7H,(H,1,2)(H,3,4). The van der Waals surface area contributed by atoms with E-state index in [0.29, 0.717) is 0 Å². The Morgan fingerprint density at radius 1 is 0.909 bits per heavy atom. The lowest BCUT2D eigenvalue weighted by Gasteiger charge is -1.86. The summed E-state index contributed by atoms with van der Waals surface area (Å²) in [6.45, 7) is 0. The van der Waals surface area contributed by atoms with Gasteiger partial charge in [-0.1, -0.05) is 0 Å². The Morgan fingerprint density at radius 2 is 1.09 bits per heavy atom. The fourth-order valence-corrected chi connectivity index (χ4v) is 0.672. The van der Waals surface area contributed by atoms with Crippen LogP contribution in [0.1, 0.15) is 0 Å². The lowest BCUT2D eigenvalue weighted by Crippen LogP contribution is -1.58. The Hall–Kier alpha value is 0.260. The van der Waals surface area contributed by atoms with E-state index in [-0.39, 0.29) is 0 Å². The molecule has 0 heterocycles. The third kappa shape index (κ3) is 38.6. The molecule has 0 aliphatic carbocycles. The molecule has 0 saturated heterocycles. The molecule has 4 N–H and O–H groups in total. The summed E-state index contributed by atoms with van der Waals surface area (Å²) < 4.78 is 22.3. The van der Waals surface area contributed by atoms with Gasteiger partial charge in [-0.2, -0.15) is 0 Å². The minimum Gasteiger partial charge on any atom is -0.400 e. The monoisotopic (exact) mass is 210 g/mol. The lowest BCUT2D eigenvalue weighted by atomic mass is 11.8. The summed E-state index contributed by atoms with van der Waals surface area (Å²) >= 11 is 0. The number of hydrogen-bond donors (Lipinski definition) is 4. The van der Waals surface area contributed by atoms with Crippen LogP contribution in [0.4, 0.5) is 0 Å². The molecule has 0 spiro atoms. The van der Waals surface area contributed by atoms with Crippen molar-refractivity contribution in [3.8, 4) is 0 Å². The van der Waals surface area contributed by atoms with E-state index in [4.69, 9.17) is 20.0 Å². The van der Waals surface area contributed by atoms with Crippen molar-refractivity contribution in [3.05, 3.63) is 0 Å². The SMILES string of the molecule is CO.CO.O=[PH](O)O[PH](=O)O. The fourth-order valence-electron chi connectivity index (χ4n) is 0.0747. The molecule has 0 radical (unpaired) electrons. The van der Waals surface area contributed by atoms with Crippen LogP contribution in [-0.4, -0.2) is 34.2 Å². The number of aliphatic hydroxyl groups excluding tert-OH is 2. The van der Waals surface area contributed by atoms with Gasteiger partial charge < -0.3 is 20.0 Å². The molecule has 7 nitrogen and oxygen atoms in total. The molecule has 0 saturated carbocycles. The third-order valence-corrected chi connectivity index (χ3v) is 1.57. The zero-order chi connectivity index (χ0) is 9.86. The first kappa shape index (κ1) is 17.4. The Labute approximate surface area is 65.2 Å². The van der Waals surface area contributed by atoms with E-state index in [9.17, 15) is 9.13 Å². The van der Waals surface area contributed by atoms with Crippen molar-refractivity contribution in [3.63, 3.8) is 0 Å². The predicted molar refractivity (Wildman–Crippen MR) is 39.8 cm³/mol. The summed E-state index contributed by atoms with van der Waals surface area (Å²) in [6, 6.07) is 0. The van der Waals surface area contributed by atoms with Crippen LogP contribution in [0, 0.1) is 0 Å². The zero-order valence-electron chi connectivity index (χ0n) is 6.01. The second-order valence-electron chi connectivity index (χ2n) is 0.634. The maximum absolute atomic E-state index is 9.44. The molecular weight excluding hydrogens is 198 g/mol. The summed E-state index contributed by atoms with van der Waals surface area (Å²) in [5.74, 6) is 0. The maximum atomic E-state index is 9.44. The van der Waals surface area contributed by atoms with Crippen molar-refractivity contribution in [2.45, 2.75) is 0 Å². The summed E-state index contributed by atoms with van der Waals surface area (Å²) in [5.41, 5.74) is 0. The van der Waals surface area contributed by atoms with E-state index < -0.39 is 16.5 Å². The van der Waals surface area contributed by atoms with Crippen LogP contribution in [0.15, 0.2) is 0 Å². The molecule has 0 amide bonds. The van der Waals surface area contributed by atoms with Gasteiger partial charge in [0.25, 0.3) is 0 Å². The van der Waals surface area contributed by atoms with Crippen LogP contribution in [0.25, 0.3) is 0 Å². The highest BCUT2D eigenvalue weighted by Gasteiger charge is 1.93. The van der Waals surface area contributed by atoms with Crippen LogP contribution in [0.3, 0.4) is 0 Å². The van der Waals surface area contributed by atoms with E-state index >= 15 is 0 Å². The Morgan fingerprint density at radius 3 is 1.09 bits per heavy atom. The maximum Gasteiger partial charge on any atom is 0.323 e. The van der Waals surface area contributed by atoms with E-state index in [1.54, 1.807) is 0 Å². The van der Waals surface area contributed by atoms with Gasteiger partial charge in [0.15, 0.2) is 0 Å². The van der Waals surface area contributed by atoms with Crippen LogP contribution in [0.5, 0.6) is 0 Å². The quantitative estimate of drug-likeness (QED) is 0.430. The van der Waals surface area contributed by atoms with Gasteiger partial charge in [-0.15, -0.1) is 0 Å². The molecule has 9 heteroatoms. The Bertz CT molecular complexity index is 90.6. The third-order valence-electron chi connectivity index (χ3n) is 0.175. The van der Waals surface area contributed by atoms with Gasteiger partial charge >= 0.3 is 16.5 Å². The molecule has 0 aromatic heterocycles. The topological polar surface area (TPSA) is 124 Å². The number of aliphatic hydroxyl groups is 2. The van der Waals surface area contributed by atoms with Crippen molar-refractivity contribution in [2.24, 2.45) is 0 Å². The van der Waals surface area contributed by atoms with Crippen molar-refractivity contribution in [2.75, 3.05) is 14.2 Å². The van der Waals surface area contributed by atoms with Gasteiger partial charge in [0.05, 0.1) is 0 Å². The van der Waals surface area contributed by atoms with Crippen LogP contribution < -0.4 is 0 Å². The van der Waals surface area contributed by atoms with Gasteiger partial charge in [-0.3, -0.25) is 9.13 Å². The summed E-state index contributed by atoms with van der Waals surface area (Å²) in [5, 5.41) is 14.0. The smallest absolute Gasteiger partial charge is 0.323 e. The average molecular weight is 210 g/mol. The molecule has 2 atom stereocenters. The molecule has 0 rings (SSSR count). The molecular formula is C2H12O7P2. The van der Waals surface area contributed by atoms with Gasteiger partial charge in [0, 0.05) is 14.2 Å². The first-order chi connectivity index (χ1) is 5.13. The molecule has 0 bridgehead atoms. The van der Waals surface area contributed by atoms with Crippen molar-refractivity contribution < 1.29 is 33.4 Å². The predicted octanol–water partition coefficient (Wildman–Crippen LogP) is -1.02. The van der Waals surface area contributed by atoms with Gasteiger partial charge in [-0.25, -0.2) is 4.31 Å². The highest BCUT2D eigenvalue weighted by atomic mass is 31.2. The molecule has 2 unspecified atom stereocenters. The van der Waals surface area contributed by atoms with Crippen molar-refractivity contribution in [1.82, 2.24) is 0 Å². The molecule has 0 fully saturated rings. The Kier molecular flexibility index (Phi) is 26.4. The highest BCUT2D eigenvalue weighted by Crippen LogP contribution is 2.30. The molecule has 0 aromatic carbocycles. The number of hydrogen-bond acceptors (Lipinski definition) is 5. The van der Waals surface area contributed by atoms with Gasteiger partial charge in [-0.05, 0) is 0 Å². The largest absolute Gasteiger partial charge is 0.400 e. The first-order valence-corrected chi connectivity index (χ1v) is 4.69. The van der Waals surface area contributed by atoms with E-state index in [2.05, 4.69) is 4.31 Å². The number of rotatable bonds is 2. The highest BCUT2D eigenvalue weighted by molar-refractivity contribution is 7.46. The van der Waals surface area contributed by atoms with Gasteiger partial charge in [0.2, 0.25) is 0 Å². The lowest BCUT2D eigenvalue weighted by molar-refractivity contribution is 0.371. The minimum atomic E-state index is -3.20. The summed E-state index contributed by atoms with van der Waals surface area (Å²) in [7, 11) is -4.40. The van der Waals surface area contributed by atoms with Crippen LogP contribution in [0.2, 0.25) is 0 Å². The Balaban J connectivity index is -0.000000138. The molecule has 0 aliphatic rings. The zero-order valence-corrected chi connectivity index (χ0v) is 8.01. The second-order valence-corrected chi connectivity index (χ2v) is 2.51. The van der Waals surface area contributed by atoms with E-state index in [1.165, 1.54) is 0 Å². The van der Waals surface area contributed by atoms with Crippen LogP contribution in [-0.2, 0) is 13.4 Å². The fraction of sp³-hybridized carbons (Fsp3) is 1.00. The molecule has 0 aliphatic heterocycles. The normalized spacial score (nSPS) is 12.9. The van der Waals surface area contributed by atoms with E-state index in [1.807, 2.05) is 0 Å². The molecule has 72 valence electrons. The first-order valence-electron chi connectivity index (χ1n) is 2.16. The summed E-state index contributed by atoms with van der Waals surface area (Å²) in [6.07, 6.45) is 0.